The van der Waals surface area contributed by atoms with Crippen LogP contribution < -0.4 is 15.0 Å². The molecule has 4 rings (SSSR count). The summed E-state index contributed by atoms with van der Waals surface area (Å²) in [6, 6.07) is 18.5. The SMILES string of the molecule is COc1cccc(N2C(=O)[C@H](CC(=O)Nc3ccccc3)N(CCc3cccs3)C2=O)c1. The van der Waals surface area contributed by atoms with Crippen LogP contribution in [-0.2, 0) is 16.0 Å². The van der Waals surface area contributed by atoms with Crippen molar-refractivity contribution in [2.45, 2.75) is 18.9 Å². The first-order chi connectivity index (χ1) is 15.6. The van der Waals surface area contributed by atoms with Crippen molar-refractivity contribution in [2.75, 3.05) is 23.9 Å². The Balaban J connectivity index is 1.57. The summed E-state index contributed by atoms with van der Waals surface area (Å²) >= 11 is 1.60. The number of hydrogen-bond donors (Lipinski definition) is 1. The second-order valence-electron chi connectivity index (χ2n) is 7.31. The van der Waals surface area contributed by atoms with E-state index in [0.717, 1.165) is 9.78 Å². The Hall–Kier alpha value is -3.65. The number of urea groups is 1. The molecule has 2 aromatic carbocycles. The number of amides is 4. The minimum atomic E-state index is -0.877. The second kappa shape index (κ2) is 9.65. The molecule has 1 aliphatic heterocycles. The molecular weight excluding hydrogens is 426 g/mol. The molecule has 0 unspecified atom stereocenters. The van der Waals surface area contributed by atoms with Crippen LogP contribution >= 0.6 is 11.3 Å². The van der Waals surface area contributed by atoms with Gasteiger partial charge in [0.25, 0.3) is 5.91 Å². The lowest BCUT2D eigenvalue weighted by Gasteiger charge is -2.21. The number of thiophene rings is 1. The first-order valence-electron chi connectivity index (χ1n) is 10.2. The average Bonchev–Trinajstić information content (AvgIpc) is 3.40. The maximum absolute atomic E-state index is 13.3. The summed E-state index contributed by atoms with van der Waals surface area (Å²) in [5, 5.41) is 4.77. The molecule has 8 heteroatoms. The van der Waals surface area contributed by atoms with Crippen LogP contribution in [-0.4, -0.2) is 42.4 Å². The third-order valence-electron chi connectivity index (χ3n) is 5.25. The fraction of sp³-hybridized carbons (Fsp3) is 0.208. The third kappa shape index (κ3) is 4.65. The van der Waals surface area contributed by atoms with Crippen LogP contribution in [0.2, 0.25) is 0 Å². The number of rotatable bonds is 8. The molecule has 0 radical (unpaired) electrons. The standard InChI is InChI=1S/C24H23N3O4S/c1-31-19-10-5-9-18(15-19)27-23(29)21(16-22(28)25-17-7-3-2-4-8-17)26(24(27)30)13-12-20-11-6-14-32-20/h2-11,14-15,21H,12-13,16H2,1H3,(H,25,28)/t21-/m0/s1. The first kappa shape index (κ1) is 21.6. The number of carbonyl (C=O) groups is 3. The largest absolute Gasteiger partial charge is 0.497 e. The minimum Gasteiger partial charge on any atom is -0.497 e. The maximum atomic E-state index is 13.3. The van der Waals surface area contributed by atoms with Crippen LogP contribution in [0.25, 0.3) is 0 Å². The lowest BCUT2D eigenvalue weighted by atomic mass is 10.1. The van der Waals surface area contributed by atoms with Crippen molar-refractivity contribution in [1.29, 1.82) is 0 Å². The van der Waals surface area contributed by atoms with Gasteiger partial charge in [-0.3, -0.25) is 9.59 Å². The zero-order valence-corrected chi connectivity index (χ0v) is 18.4. The molecule has 1 atom stereocenters. The molecule has 0 spiro atoms. The highest BCUT2D eigenvalue weighted by Crippen LogP contribution is 2.30. The number of methoxy groups -OCH3 is 1. The molecule has 2 heterocycles. The van der Waals surface area contributed by atoms with Crippen molar-refractivity contribution >= 4 is 40.6 Å². The molecule has 3 aromatic rings. The molecule has 1 fully saturated rings. The van der Waals surface area contributed by atoms with Crippen molar-refractivity contribution in [2.24, 2.45) is 0 Å². The number of ether oxygens (including phenoxy) is 1. The lowest BCUT2D eigenvalue weighted by Crippen LogP contribution is -2.39. The van der Waals surface area contributed by atoms with Crippen LogP contribution in [0.4, 0.5) is 16.2 Å². The van der Waals surface area contributed by atoms with Crippen molar-refractivity contribution in [3.8, 4) is 5.75 Å². The number of hydrogen-bond acceptors (Lipinski definition) is 5. The van der Waals surface area contributed by atoms with Gasteiger partial charge in [-0.2, -0.15) is 0 Å². The number of anilines is 2. The number of benzene rings is 2. The van der Waals surface area contributed by atoms with Crippen LogP contribution in [0.1, 0.15) is 11.3 Å². The van der Waals surface area contributed by atoms with E-state index in [9.17, 15) is 14.4 Å². The van der Waals surface area contributed by atoms with Crippen molar-refractivity contribution < 1.29 is 19.1 Å². The van der Waals surface area contributed by atoms with Crippen LogP contribution in [0, 0.1) is 0 Å². The van der Waals surface area contributed by atoms with Gasteiger partial charge in [0.15, 0.2) is 0 Å². The van der Waals surface area contributed by atoms with Gasteiger partial charge in [0, 0.05) is 23.2 Å². The van der Waals surface area contributed by atoms with Crippen LogP contribution in [0.3, 0.4) is 0 Å². The molecule has 32 heavy (non-hydrogen) atoms. The Kier molecular flexibility index (Phi) is 6.51. The van der Waals surface area contributed by atoms with Crippen molar-refractivity contribution in [1.82, 2.24) is 4.90 Å². The topological polar surface area (TPSA) is 79.0 Å². The normalized spacial score (nSPS) is 15.8. The number of para-hydroxylation sites is 1. The van der Waals surface area contributed by atoms with Gasteiger partial charge in [-0.1, -0.05) is 30.3 Å². The fourth-order valence-electron chi connectivity index (χ4n) is 3.67. The Bertz CT molecular complexity index is 1100. The predicted octanol–water partition coefficient (Wildman–Crippen LogP) is 4.17. The van der Waals surface area contributed by atoms with Crippen molar-refractivity contribution in [3.63, 3.8) is 0 Å². The number of carbonyl (C=O) groups excluding carboxylic acids is 3. The monoisotopic (exact) mass is 449 g/mol. The zero-order chi connectivity index (χ0) is 22.5. The highest BCUT2D eigenvalue weighted by Gasteiger charge is 2.46. The first-order valence-corrected chi connectivity index (χ1v) is 11.1. The van der Waals surface area contributed by atoms with E-state index in [0.29, 0.717) is 30.1 Å². The van der Waals surface area contributed by atoms with E-state index in [4.69, 9.17) is 4.74 Å². The van der Waals surface area contributed by atoms with Gasteiger partial charge in [0.1, 0.15) is 11.8 Å². The molecule has 1 N–H and O–H groups in total. The quantitative estimate of drug-likeness (QED) is 0.524. The molecule has 0 aliphatic carbocycles. The van der Waals surface area contributed by atoms with E-state index in [1.807, 2.05) is 35.7 Å². The van der Waals surface area contributed by atoms with E-state index in [2.05, 4.69) is 5.32 Å². The number of imide groups is 1. The summed E-state index contributed by atoms with van der Waals surface area (Å²) < 4.78 is 5.24. The number of nitrogens with zero attached hydrogens (tertiary/aromatic N) is 2. The molecule has 164 valence electrons. The fourth-order valence-corrected chi connectivity index (χ4v) is 4.37. The Labute approximate surface area is 190 Å². The van der Waals surface area contributed by atoms with Crippen molar-refractivity contribution in [3.05, 3.63) is 77.0 Å². The van der Waals surface area contributed by atoms with Crippen LogP contribution in [0.15, 0.2) is 72.1 Å². The van der Waals surface area contributed by atoms with E-state index in [1.165, 1.54) is 12.0 Å². The molecule has 1 saturated heterocycles. The summed E-state index contributed by atoms with van der Waals surface area (Å²) in [6.07, 6.45) is 0.490. The second-order valence-corrected chi connectivity index (χ2v) is 8.35. The Morgan fingerprint density at radius 1 is 1.06 bits per heavy atom. The highest BCUT2D eigenvalue weighted by atomic mass is 32.1. The van der Waals surface area contributed by atoms with E-state index in [-0.39, 0.29) is 12.3 Å². The van der Waals surface area contributed by atoms with E-state index in [1.54, 1.807) is 47.7 Å². The molecule has 4 amide bonds. The molecule has 7 nitrogen and oxygen atoms in total. The van der Waals surface area contributed by atoms with Gasteiger partial charge in [-0.15, -0.1) is 11.3 Å². The summed E-state index contributed by atoms with van der Waals surface area (Å²) in [7, 11) is 1.52. The molecule has 1 aliphatic rings. The summed E-state index contributed by atoms with van der Waals surface area (Å²) in [6.45, 7) is 0.342. The van der Waals surface area contributed by atoms with Gasteiger partial charge in [0.05, 0.1) is 19.2 Å². The predicted molar refractivity (Wildman–Crippen MR) is 124 cm³/mol. The van der Waals surface area contributed by atoms with Crippen LogP contribution in [0.5, 0.6) is 5.75 Å². The molecule has 0 saturated carbocycles. The summed E-state index contributed by atoms with van der Waals surface area (Å²) in [4.78, 5) is 43.1. The minimum absolute atomic E-state index is 0.121. The third-order valence-corrected chi connectivity index (χ3v) is 6.18. The van der Waals surface area contributed by atoms with Gasteiger partial charge in [-0.25, -0.2) is 9.69 Å². The van der Waals surface area contributed by atoms with Gasteiger partial charge in [0.2, 0.25) is 5.91 Å². The lowest BCUT2D eigenvalue weighted by molar-refractivity contribution is -0.124. The van der Waals surface area contributed by atoms with Gasteiger partial charge >= 0.3 is 6.03 Å². The number of nitrogens with one attached hydrogen (secondary N) is 1. The van der Waals surface area contributed by atoms with Gasteiger partial charge in [-0.05, 0) is 42.1 Å². The Morgan fingerprint density at radius 3 is 2.59 bits per heavy atom. The smallest absolute Gasteiger partial charge is 0.332 e. The zero-order valence-electron chi connectivity index (χ0n) is 17.6. The highest BCUT2D eigenvalue weighted by molar-refractivity contribution is 7.09. The summed E-state index contributed by atoms with van der Waals surface area (Å²) in [5.74, 6) is -0.202. The van der Waals surface area contributed by atoms with E-state index < -0.39 is 18.0 Å². The average molecular weight is 450 g/mol. The maximum Gasteiger partial charge on any atom is 0.332 e. The van der Waals surface area contributed by atoms with E-state index >= 15 is 0 Å². The Morgan fingerprint density at radius 2 is 1.88 bits per heavy atom. The summed E-state index contributed by atoms with van der Waals surface area (Å²) in [5.41, 5.74) is 1.07. The molecule has 0 bridgehead atoms. The molecule has 1 aromatic heterocycles. The molecular formula is C24H23N3O4S. The van der Waals surface area contributed by atoms with Gasteiger partial charge < -0.3 is 15.0 Å².